The molecular weight excluding hydrogens is 392 g/mol. The highest BCUT2D eigenvalue weighted by Gasteiger charge is 2.63. The maximum atomic E-state index is 13.7. The van der Waals surface area contributed by atoms with E-state index in [2.05, 4.69) is 0 Å². The van der Waals surface area contributed by atoms with Crippen LogP contribution in [-0.4, -0.2) is 37.0 Å². The zero-order valence-corrected chi connectivity index (χ0v) is 18.0. The fourth-order valence-corrected chi connectivity index (χ4v) is 5.23. The number of esters is 1. The van der Waals surface area contributed by atoms with Crippen LogP contribution in [0.5, 0.6) is 0 Å². The molecule has 0 N–H and O–H groups in total. The minimum Gasteiger partial charge on any atom is -0.460 e. The fourth-order valence-electron chi connectivity index (χ4n) is 5.23. The lowest BCUT2D eigenvalue weighted by Crippen LogP contribution is -2.61. The largest absolute Gasteiger partial charge is 0.460 e. The lowest BCUT2D eigenvalue weighted by atomic mass is 9.92. The highest BCUT2D eigenvalue weighted by atomic mass is 16.5. The summed E-state index contributed by atoms with van der Waals surface area (Å²) in [5.41, 5.74) is 2.77. The lowest BCUT2D eigenvalue weighted by Gasteiger charge is -2.43. The predicted octanol–water partition coefficient (Wildman–Crippen LogP) is 3.67. The Morgan fingerprint density at radius 2 is 1.87 bits per heavy atom. The summed E-state index contributed by atoms with van der Waals surface area (Å²) in [5, 5.41) is 6.71. The van der Waals surface area contributed by atoms with Gasteiger partial charge >= 0.3 is 5.97 Å². The van der Waals surface area contributed by atoms with Crippen LogP contribution < -0.4 is 14.8 Å². The Bertz CT molecular complexity index is 1080. The van der Waals surface area contributed by atoms with Crippen LogP contribution in [0.25, 0.3) is 0 Å². The van der Waals surface area contributed by atoms with E-state index >= 15 is 0 Å². The molecule has 160 valence electrons. The van der Waals surface area contributed by atoms with E-state index in [1.165, 1.54) is 0 Å². The minimum absolute atomic E-state index is 0.0462. The number of benzene rings is 2. The van der Waals surface area contributed by atoms with Crippen LogP contribution in [-0.2, 0) is 14.3 Å². The van der Waals surface area contributed by atoms with Gasteiger partial charge in [-0.3, -0.25) is 9.69 Å². The van der Waals surface area contributed by atoms with E-state index in [9.17, 15) is 9.59 Å². The molecule has 0 saturated heterocycles. The van der Waals surface area contributed by atoms with Crippen molar-refractivity contribution in [2.75, 3.05) is 28.5 Å². The number of hydrogen-bond acceptors (Lipinski definition) is 6. The Morgan fingerprint density at radius 3 is 2.58 bits per heavy atom. The van der Waals surface area contributed by atoms with Gasteiger partial charge in [0.25, 0.3) is 0 Å². The topological polar surface area (TPSA) is 65.5 Å². The standard InChI is InChI=1S/C24H26N4O3/c1-4-31-23(30)21-25-28(17-13-11-16(2)12-14-17)24-15-7-8-18(24)22(29)26(3)19-9-5-6-10-20(19)27(21)24/h5-6,9-14,18H,4,7-8,15H2,1-3H3. The van der Waals surface area contributed by atoms with Crippen molar-refractivity contribution < 1.29 is 14.3 Å². The van der Waals surface area contributed by atoms with Crippen molar-refractivity contribution in [3.63, 3.8) is 0 Å². The smallest absolute Gasteiger partial charge is 0.376 e. The Balaban J connectivity index is 1.78. The second-order valence-electron chi connectivity index (χ2n) is 8.34. The highest BCUT2D eigenvalue weighted by molar-refractivity contribution is 6.43. The van der Waals surface area contributed by atoms with Crippen LogP contribution >= 0.6 is 0 Å². The van der Waals surface area contributed by atoms with Crippen LogP contribution in [0.15, 0.2) is 53.6 Å². The molecule has 7 nitrogen and oxygen atoms in total. The third-order valence-electron chi connectivity index (χ3n) is 6.61. The number of aryl methyl sites for hydroxylation is 1. The molecule has 0 bridgehead atoms. The molecule has 7 heteroatoms. The molecule has 1 fully saturated rings. The zero-order valence-electron chi connectivity index (χ0n) is 18.0. The number of rotatable bonds is 3. The van der Waals surface area contributed by atoms with Gasteiger partial charge in [-0.05, 0) is 57.4 Å². The van der Waals surface area contributed by atoms with Gasteiger partial charge in [-0.2, -0.15) is 0 Å². The molecule has 2 aliphatic heterocycles. The zero-order chi connectivity index (χ0) is 21.8. The number of fused-ring (bicyclic) bond motifs is 2. The maximum Gasteiger partial charge on any atom is 0.376 e. The molecule has 2 atom stereocenters. The van der Waals surface area contributed by atoms with Crippen molar-refractivity contribution in [3.8, 4) is 0 Å². The van der Waals surface area contributed by atoms with Crippen molar-refractivity contribution in [1.29, 1.82) is 0 Å². The van der Waals surface area contributed by atoms with E-state index in [-0.39, 0.29) is 24.3 Å². The lowest BCUT2D eigenvalue weighted by molar-refractivity contribution is -0.135. The number of hydrogen-bond donors (Lipinski definition) is 0. The summed E-state index contributed by atoms with van der Waals surface area (Å²) in [6.45, 7) is 4.07. The van der Waals surface area contributed by atoms with Gasteiger partial charge in [0.2, 0.25) is 11.7 Å². The molecule has 2 aromatic carbocycles. The van der Waals surface area contributed by atoms with Crippen molar-refractivity contribution >= 4 is 34.8 Å². The molecule has 0 aromatic heterocycles. The summed E-state index contributed by atoms with van der Waals surface area (Å²) < 4.78 is 5.40. The van der Waals surface area contributed by atoms with Crippen LogP contribution in [0.3, 0.4) is 0 Å². The summed E-state index contributed by atoms with van der Waals surface area (Å²) in [6, 6.07) is 15.8. The number of carbonyl (C=O) groups is 2. The first-order valence-electron chi connectivity index (χ1n) is 10.8. The van der Waals surface area contributed by atoms with Crippen LogP contribution in [0.4, 0.5) is 17.1 Å². The molecule has 5 rings (SSSR count). The van der Waals surface area contributed by atoms with Crippen molar-refractivity contribution in [2.24, 2.45) is 11.0 Å². The number of ether oxygens (including phenoxy) is 1. The predicted molar refractivity (Wildman–Crippen MR) is 120 cm³/mol. The van der Waals surface area contributed by atoms with E-state index < -0.39 is 11.6 Å². The van der Waals surface area contributed by atoms with Crippen molar-refractivity contribution in [2.45, 2.75) is 38.8 Å². The summed E-state index contributed by atoms with van der Waals surface area (Å²) in [5.74, 6) is -0.537. The normalized spacial score (nSPS) is 24.4. The Labute approximate surface area is 181 Å². The molecule has 0 radical (unpaired) electrons. The fraction of sp³-hybridized carbons (Fsp3) is 0.375. The Kier molecular flexibility index (Phi) is 4.50. The molecule has 2 aromatic rings. The highest BCUT2D eigenvalue weighted by Crippen LogP contribution is 2.54. The molecule has 1 amide bonds. The van der Waals surface area contributed by atoms with Gasteiger partial charge in [0, 0.05) is 7.05 Å². The van der Waals surface area contributed by atoms with E-state index in [0.29, 0.717) is 6.42 Å². The number of nitrogens with zero attached hydrogens (tertiary/aromatic N) is 4. The molecule has 31 heavy (non-hydrogen) atoms. The van der Waals surface area contributed by atoms with Gasteiger partial charge in [-0.25, -0.2) is 9.80 Å². The second kappa shape index (κ2) is 7.11. The number of amidine groups is 1. The van der Waals surface area contributed by atoms with Gasteiger partial charge in [0.1, 0.15) is 0 Å². The maximum absolute atomic E-state index is 13.7. The van der Waals surface area contributed by atoms with E-state index in [0.717, 1.165) is 35.5 Å². The molecular formula is C24H26N4O3. The second-order valence-corrected chi connectivity index (χ2v) is 8.34. The first kappa shape index (κ1) is 19.6. The third kappa shape index (κ3) is 2.69. The molecule has 2 unspecified atom stereocenters. The van der Waals surface area contributed by atoms with Crippen LogP contribution in [0.1, 0.15) is 31.7 Å². The molecule has 1 spiro atoms. The summed E-state index contributed by atoms with van der Waals surface area (Å²) in [7, 11) is 1.81. The van der Waals surface area contributed by atoms with Crippen molar-refractivity contribution in [3.05, 3.63) is 54.1 Å². The molecule has 1 aliphatic carbocycles. The monoisotopic (exact) mass is 418 g/mol. The minimum atomic E-state index is -0.782. The Hall–Kier alpha value is -3.35. The summed E-state index contributed by atoms with van der Waals surface area (Å²) >= 11 is 0. The van der Waals surface area contributed by atoms with Crippen LogP contribution in [0.2, 0.25) is 0 Å². The quantitative estimate of drug-likeness (QED) is 0.712. The van der Waals surface area contributed by atoms with Crippen LogP contribution in [0, 0.1) is 12.8 Å². The first-order chi connectivity index (χ1) is 15.0. The summed E-state index contributed by atoms with van der Waals surface area (Å²) in [6.07, 6.45) is 2.32. The number of para-hydroxylation sites is 2. The van der Waals surface area contributed by atoms with Gasteiger partial charge in [-0.1, -0.05) is 29.8 Å². The van der Waals surface area contributed by atoms with E-state index in [1.54, 1.807) is 11.8 Å². The van der Waals surface area contributed by atoms with Gasteiger partial charge in [0.05, 0.1) is 29.6 Å². The number of hydrazone groups is 1. The van der Waals surface area contributed by atoms with Gasteiger partial charge < -0.3 is 9.64 Å². The van der Waals surface area contributed by atoms with Gasteiger partial charge in [0.15, 0.2) is 5.66 Å². The van der Waals surface area contributed by atoms with E-state index in [4.69, 9.17) is 9.84 Å². The van der Waals surface area contributed by atoms with E-state index in [1.807, 2.05) is 72.4 Å². The number of anilines is 3. The Morgan fingerprint density at radius 1 is 1.16 bits per heavy atom. The van der Waals surface area contributed by atoms with Gasteiger partial charge in [-0.15, -0.1) is 5.10 Å². The van der Waals surface area contributed by atoms with Crippen molar-refractivity contribution in [1.82, 2.24) is 0 Å². The SMILES string of the molecule is CCOC(=O)C1=NN(c2ccc(C)cc2)C23CCCC2C(=O)N(C)c2ccccc2N13. The first-order valence-corrected chi connectivity index (χ1v) is 10.8. The number of carbonyl (C=O) groups excluding carboxylic acids is 2. The average molecular weight is 418 g/mol. The number of amides is 1. The molecule has 3 aliphatic rings. The molecule has 1 saturated carbocycles. The summed E-state index contributed by atoms with van der Waals surface area (Å²) in [4.78, 5) is 30.4. The third-order valence-corrected chi connectivity index (χ3v) is 6.61. The average Bonchev–Trinajstić information content (AvgIpc) is 3.34. The molecule has 2 heterocycles.